The molecule has 0 radical (unpaired) electrons. The maximum atomic E-state index is 11.4. The van der Waals surface area contributed by atoms with E-state index in [1.54, 1.807) is 0 Å². The van der Waals surface area contributed by atoms with Crippen molar-refractivity contribution in [3.8, 4) is 0 Å². The van der Waals surface area contributed by atoms with Crippen molar-refractivity contribution in [3.63, 3.8) is 0 Å². The number of aliphatic carboxylic acids is 1. The molecule has 0 bridgehead atoms. The highest BCUT2D eigenvalue weighted by molar-refractivity contribution is 5.70. The van der Waals surface area contributed by atoms with Crippen molar-refractivity contribution in [2.45, 2.75) is 64.8 Å². The molecule has 1 fully saturated rings. The van der Waals surface area contributed by atoms with Crippen molar-refractivity contribution in [1.29, 1.82) is 0 Å². The molecule has 1 aliphatic carbocycles. The molecule has 4 heteroatoms. The lowest BCUT2D eigenvalue weighted by Crippen LogP contribution is -2.24. The lowest BCUT2D eigenvalue weighted by molar-refractivity contribution is -0.143. The van der Waals surface area contributed by atoms with Gasteiger partial charge in [0, 0.05) is 12.2 Å². The summed E-state index contributed by atoms with van der Waals surface area (Å²) >= 11 is 0. The first kappa shape index (κ1) is 15.1. The zero-order valence-electron chi connectivity index (χ0n) is 12.6. The van der Waals surface area contributed by atoms with Gasteiger partial charge in [-0.25, -0.2) is 0 Å². The second-order valence-corrected chi connectivity index (χ2v) is 6.09. The average Bonchev–Trinajstić information content (AvgIpc) is 2.76. The van der Waals surface area contributed by atoms with Gasteiger partial charge in [0.2, 0.25) is 0 Å². The van der Waals surface area contributed by atoms with E-state index in [2.05, 4.69) is 25.0 Å². The van der Waals surface area contributed by atoms with Crippen LogP contribution in [0.1, 0.15) is 64.1 Å². The largest absolute Gasteiger partial charge is 0.481 e. The Bertz CT molecular complexity index is 441. The number of hydrogen-bond acceptors (Lipinski definition) is 2. The summed E-state index contributed by atoms with van der Waals surface area (Å²) in [6.07, 6.45) is 9.11. The van der Waals surface area contributed by atoms with Gasteiger partial charge in [0.05, 0.1) is 11.6 Å². The molecule has 0 amide bonds. The molecule has 20 heavy (non-hydrogen) atoms. The summed E-state index contributed by atoms with van der Waals surface area (Å²) in [5, 5.41) is 14.0. The predicted molar refractivity (Wildman–Crippen MR) is 78.6 cm³/mol. The van der Waals surface area contributed by atoms with Crippen LogP contribution >= 0.6 is 0 Å². The predicted octanol–water partition coefficient (Wildman–Crippen LogP) is 3.68. The highest BCUT2D eigenvalue weighted by Crippen LogP contribution is 2.31. The monoisotopic (exact) mass is 278 g/mol. The molecule has 3 atom stereocenters. The van der Waals surface area contributed by atoms with Crippen molar-refractivity contribution in [2.24, 2.45) is 11.8 Å². The van der Waals surface area contributed by atoms with Crippen molar-refractivity contribution in [2.75, 3.05) is 0 Å². The van der Waals surface area contributed by atoms with E-state index in [4.69, 9.17) is 0 Å². The number of carboxylic acids is 1. The smallest absolute Gasteiger partial charge is 0.306 e. The summed E-state index contributed by atoms with van der Waals surface area (Å²) < 4.78 is 2.00. The van der Waals surface area contributed by atoms with Crippen molar-refractivity contribution in [1.82, 2.24) is 9.78 Å². The van der Waals surface area contributed by atoms with Gasteiger partial charge in [-0.2, -0.15) is 5.10 Å². The van der Waals surface area contributed by atoms with Gasteiger partial charge in [-0.15, -0.1) is 0 Å². The maximum Gasteiger partial charge on any atom is 0.306 e. The third-order valence-electron chi connectivity index (χ3n) is 4.65. The molecule has 1 saturated carbocycles. The molecule has 1 aliphatic rings. The third-order valence-corrected chi connectivity index (χ3v) is 4.65. The van der Waals surface area contributed by atoms with Gasteiger partial charge in [0.25, 0.3) is 0 Å². The van der Waals surface area contributed by atoms with Crippen LogP contribution in [0.25, 0.3) is 0 Å². The fourth-order valence-electron chi connectivity index (χ4n) is 3.14. The van der Waals surface area contributed by atoms with Crippen LogP contribution < -0.4 is 0 Å². The topological polar surface area (TPSA) is 55.1 Å². The molecular formula is C16H26N2O2. The van der Waals surface area contributed by atoms with E-state index in [0.717, 1.165) is 44.2 Å². The number of aromatic nitrogens is 2. The van der Waals surface area contributed by atoms with Gasteiger partial charge in [0.15, 0.2) is 0 Å². The zero-order chi connectivity index (χ0) is 14.5. The van der Waals surface area contributed by atoms with Gasteiger partial charge >= 0.3 is 5.97 Å². The minimum atomic E-state index is -0.627. The van der Waals surface area contributed by atoms with Crippen LogP contribution in [0, 0.1) is 11.8 Å². The minimum Gasteiger partial charge on any atom is -0.481 e. The van der Waals surface area contributed by atoms with Crippen LogP contribution in [0.4, 0.5) is 0 Å². The first-order valence-corrected chi connectivity index (χ1v) is 7.88. The molecule has 2 rings (SSSR count). The van der Waals surface area contributed by atoms with Crippen LogP contribution in [0.15, 0.2) is 12.3 Å². The summed E-state index contributed by atoms with van der Waals surface area (Å²) in [5.74, 6) is -0.570. The Hall–Kier alpha value is -1.32. The molecule has 1 aromatic rings. The van der Waals surface area contributed by atoms with E-state index in [1.807, 2.05) is 10.9 Å². The Morgan fingerprint density at radius 2 is 2.20 bits per heavy atom. The van der Waals surface area contributed by atoms with E-state index in [1.165, 1.54) is 6.42 Å². The first-order chi connectivity index (χ1) is 9.61. The average molecular weight is 278 g/mol. The van der Waals surface area contributed by atoms with Crippen LogP contribution in [0.3, 0.4) is 0 Å². The fourth-order valence-corrected chi connectivity index (χ4v) is 3.14. The molecule has 0 saturated heterocycles. The molecular weight excluding hydrogens is 252 g/mol. The Labute approximate surface area is 121 Å². The number of hydrogen-bond donors (Lipinski definition) is 1. The minimum absolute atomic E-state index is 0.189. The van der Waals surface area contributed by atoms with Gasteiger partial charge < -0.3 is 5.11 Å². The standard InChI is InChI=1S/C16H26N2O2/c1-3-12(2)18-10-9-14(17-18)11-13-7-5-4-6-8-15(13)16(19)20/h9-10,12-13,15H,3-8,11H2,1-2H3,(H,19,20). The quantitative estimate of drug-likeness (QED) is 0.836. The molecule has 0 aliphatic heterocycles. The third kappa shape index (κ3) is 3.62. The molecule has 1 heterocycles. The maximum absolute atomic E-state index is 11.4. The number of nitrogens with zero attached hydrogens (tertiary/aromatic N) is 2. The van der Waals surface area contributed by atoms with Crippen LogP contribution in [0.5, 0.6) is 0 Å². The first-order valence-electron chi connectivity index (χ1n) is 7.88. The summed E-state index contributed by atoms with van der Waals surface area (Å²) in [7, 11) is 0. The highest BCUT2D eigenvalue weighted by atomic mass is 16.4. The fraction of sp³-hybridized carbons (Fsp3) is 0.750. The normalized spacial score (nSPS) is 25.1. The Morgan fingerprint density at radius 1 is 1.45 bits per heavy atom. The summed E-state index contributed by atoms with van der Waals surface area (Å²) in [5.41, 5.74) is 1.04. The second-order valence-electron chi connectivity index (χ2n) is 6.09. The summed E-state index contributed by atoms with van der Waals surface area (Å²) in [6.45, 7) is 4.31. The molecule has 3 unspecified atom stereocenters. The van der Waals surface area contributed by atoms with Crippen LogP contribution in [-0.4, -0.2) is 20.9 Å². The van der Waals surface area contributed by atoms with Crippen molar-refractivity contribution < 1.29 is 9.90 Å². The van der Waals surface area contributed by atoms with E-state index < -0.39 is 5.97 Å². The van der Waals surface area contributed by atoms with Crippen molar-refractivity contribution >= 4 is 5.97 Å². The lowest BCUT2D eigenvalue weighted by Gasteiger charge is -2.20. The SMILES string of the molecule is CCC(C)n1ccc(CC2CCCCCC2C(=O)O)n1. The van der Waals surface area contributed by atoms with Crippen molar-refractivity contribution in [3.05, 3.63) is 18.0 Å². The summed E-state index contributed by atoms with van der Waals surface area (Å²) in [6, 6.07) is 2.46. The van der Waals surface area contributed by atoms with E-state index >= 15 is 0 Å². The summed E-state index contributed by atoms with van der Waals surface area (Å²) in [4.78, 5) is 11.4. The number of carbonyl (C=O) groups is 1. The highest BCUT2D eigenvalue weighted by Gasteiger charge is 2.30. The zero-order valence-corrected chi connectivity index (χ0v) is 12.6. The van der Waals surface area contributed by atoms with Gasteiger partial charge in [-0.3, -0.25) is 9.48 Å². The molecule has 1 aromatic heterocycles. The number of rotatable bonds is 5. The van der Waals surface area contributed by atoms with Gasteiger partial charge in [-0.05, 0) is 44.6 Å². The van der Waals surface area contributed by atoms with Crippen LogP contribution in [-0.2, 0) is 11.2 Å². The Balaban J connectivity index is 2.06. The van der Waals surface area contributed by atoms with E-state index in [9.17, 15) is 9.90 Å². The molecule has 1 N–H and O–H groups in total. The lowest BCUT2D eigenvalue weighted by atomic mass is 9.84. The number of carboxylic acid groups (broad SMARTS) is 1. The van der Waals surface area contributed by atoms with Crippen LogP contribution in [0.2, 0.25) is 0 Å². The second kappa shape index (κ2) is 6.91. The van der Waals surface area contributed by atoms with Gasteiger partial charge in [0.1, 0.15) is 0 Å². The molecule has 0 spiro atoms. The molecule has 0 aromatic carbocycles. The Kier molecular flexibility index (Phi) is 5.21. The van der Waals surface area contributed by atoms with Gasteiger partial charge in [-0.1, -0.05) is 26.2 Å². The Morgan fingerprint density at radius 3 is 2.90 bits per heavy atom. The van der Waals surface area contributed by atoms with E-state index in [-0.39, 0.29) is 11.8 Å². The molecule has 4 nitrogen and oxygen atoms in total. The van der Waals surface area contributed by atoms with E-state index in [0.29, 0.717) is 6.04 Å². The molecule has 112 valence electrons.